The van der Waals surface area contributed by atoms with Crippen molar-refractivity contribution in [2.45, 2.75) is 82.7 Å². The number of rotatable bonds is 8. The lowest BCUT2D eigenvalue weighted by molar-refractivity contribution is -0.136. The number of carbonyl (C=O) groups is 3. The number of piperidine rings is 2. The quantitative estimate of drug-likeness (QED) is 0.149. The number of likely N-dealkylation sites (tertiary alicyclic amines) is 1. The molecule has 1 unspecified atom stereocenters. The smallest absolute Gasteiger partial charge is 0.255 e. The second-order valence-corrected chi connectivity index (χ2v) is 14.0. The van der Waals surface area contributed by atoms with Gasteiger partial charge in [-0.15, -0.1) is 0 Å². The highest BCUT2D eigenvalue weighted by atomic mass is 19.1. The molecule has 272 valence electrons. The first-order valence-corrected chi connectivity index (χ1v) is 18.9. The van der Waals surface area contributed by atoms with E-state index in [1.165, 1.54) is 36.6 Å². The van der Waals surface area contributed by atoms with Crippen molar-refractivity contribution in [1.82, 2.24) is 15.1 Å². The lowest BCUT2D eigenvalue weighted by Gasteiger charge is -2.32. The van der Waals surface area contributed by atoms with Gasteiger partial charge in [-0.1, -0.05) is 84.9 Å². The minimum absolute atomic E-state index is 0.118. The summed E-state index contributed by atoms with van der Waals surface area (Å²) >= 11 is 0. The van der Waals surface area contributed by atoms with Crippen LogP contribution in [0.25, 0.3) is 0 Å². The van der Waals surface area contributed by atoms with Gasteiger partial charge in [0.1, 0.15) is 17.6 Å². The van der Waals surface area contributed by atoms with E-state index in [0.29, 0.717) is 24.2 Å². The highest BCUT2D eigenvalue weighted by molar-refractivity contribution is 6.05. The van der Waals surface area contributed by atoms with E-state index in [4.69, 9.17) is 4.74 Å². The molecule has 4 aromatic carbocycles. The van der Waals surface area contributed by atoms with Crippen molar-refractivity contribution in [3.05, 3.63) is 137 Å². The Kier molecular flexibility index (Phi) is 13.2. The van der Waals surface area contributed by atoms with Crippen LogP contribution in [0.2, 0.25) is 0 Å². The van der Waals surface area contributed by atoms with E-state index in [1.807, 2.05) is 72.8 Å². The molecule has 2 fully saturated rings. The van der Waals surface area contributed by atoms with Gasteiger partial charge < -0.3 is 14.5 Å². The third kappa shape index (κ3) is 9.94. The number of hydrogen-bond donors (Lipinski definition) is 1. The second kappa shape index (κ2) is 18.6. The standard InChI is InChI=1S/C28H32FN3O4.C10H12.C6H6/c29-24-17-23-20(18-32(28(23)35)25-8-9-26(33)30-27(25)34)16-22(24)19-10-13-31(14-11-19)12-4-5-15-36-21-6-2-1-3-7-21;1-2-6-10-8-4-3-7-9(10)5-1;1-2-4-6-5-3-1/h1-3,6-7,16-17,19,25H,4-5,8-15,18H2,(H,30,33,34);1-2,5-6H,3-4,7-8H2;1-6H. The lowest BCUT2D eigenvalue weighted by Crippen LogP contribution is -2.52. The molecule has 52 heavy (non-hydrogen) atoms. The molecule has 0 radical (unpaired) electrons. The first kappa shape index (κ1) is 37.0. The number of unbranched alkanes of at least 4 members (excludes halogenated alkanes) is 1. The molecular weight excluding hydrogens is 653 g/mol. The number of para-hydroxylation sites is 1. The van der Waals surface area contributed by atoms with Crippen LogP contribution in [0.3, 0.4) is 0 Å². The Bertz CT molecular complexity index is 1720. The minimum Gasteiger partial charge on any atom is -0.494 e. The number of nitrogens with one attached hydrogen (secondary N) is 1. The maximum absolute atomic E-state index is 15.1. The van der Waals surface area contributed by atoms with Gasteiger partial charge in [0.2, 0.25) is 11.8 Å². The lowest BCUT2D eigenvalue weighted by atomic mass is 9.87. The van der Waals surface area contributed by atoms with E-state index in [0.717, 1.165) is 56.6 Å². The third-order valence-corrected chi connectivity index (χ3v) is 10.5. The molecular formula is C44H50FN3O4. The molecule has 0 saturated carbocycles. The average molecular weight is 704 g/mol. The largest absolute Gasteiger partial charge is 0.494 e. The summed E-state index contributed by atoms with van der Waals surface area (Å²) in [6.45, 7) is 3.82. The van der Waals surface area contributed by atoms with Crippen LogP contribution in [-0.2, 0) is 29.0 Å². The van der Waals surface area contributed by atoms with Crippen molar-refractivity contribution in [1.29, 1.82) is 0 Å². The Morgan fingerprint density at radius 3 is 1.96 bits per heavy atom. The average Bonchev–Trinajstić information content (AvgIpc) is 3.50. The molecule has 1 aliphatic carbocycles. The van der Waals surface area contributed by atoms with Gasteiger partial charge in [-0.2, -0.15) is 0 Å². The maximum Gasteiger partial charge on any atom is 0.255 e. The number of aryl methyl sites for hydroxylation is 2. The summed E-state index contributed by atoms with van der Waals surface area (Å²) in [5.74, 6) is -0.434. The van der Waals surface area contributed by atoms with Crippen molar-refractivity contribution in [2.75, 3.05) is 26.2 Å². The van der Waals surface area contributed by atoms with Gasteiger partial charge in [-0.05, 0) is 124 Å². The summed E-state index contributed by atoms with van der Waals surface area (Å²) < 4.78 is 20.9. The van der Waals surface area contributed by atoms with E-state index in [-0.39, 0.29) is 36.5 Å². The molecule has 7 nitrogen and oxygen atoms in total. The fraction of sp³-hybridized carbons (Fsp3) is 0.386. The number of amides is 3. The number of halogens is 1. The van der Waals surface area contributed by atoms with Gasteiger partial charge in [0, 0.05) is 18.5 Å². The number of carbonyl (C=O) groups excluding carboxylic acids is 3. The summed E-state index contributed by atoms with van der Waals surface area (Å²) in [5, 5.41) is 2.30. The number of nitrogens with zero attached hydrogens (tertiary/aromatic N) is 2. The summed E-state index contributed by atoms with van der Waals surface area (Å²) in [5.41, 5.74) is 4.92. The molecule has 8 rings (SSSR count). The van der Waals surface area contributed by atoms with Crippen LogP contribution in [0.1, 0.15) is 89.9 Å². The van der Waals surface area contributed by atoms with Crippen molar-refractivity contribution in [3.63, 3.8) is 0 Å². The number of hydrogen-bond acceptors (Lipinski definition) is 5. The highest BCUT2D eigenvalue weighted by Crippen LogP contribution is 2.35. The Balaban J connectivity index is 0.000000236. The van der Waals surface area contributed by atoms with Gasteiger partial charge in [0.05, 0.1) is 6.61 Å². The van der Waals surface area contributed by atoms with Crippen LogP contribution in [0.5, 0.6) is 5.75 Å². The molecule has 0 bridgehead atoms. The van der Waals surface area contributed by atoms with Gasteiger partial charge >= 0.3 is 0 Å². The van der Waals surface area contributed by atoms with E-state index in [9.17, 15) is 14.4 Å². The van der Waals surface area contributed by atoms with Crippen LogP contribution in [0.4, 0.5) is 4.39 Å². The molecule has 4 aromatic rings. The minimum atomic E-state index is -0.685. The fourth-order valence-electron chi connectivity index (χ4n) is 7.59. The molecule has 1 atom stereocenters. The molecule has 3 heterocycles. The molecule has 2 saturated heterocycles. The monoisotopic (exact) mass is 703 g/mol. The first-order chi connectivity index (χ1) is 25.5. The molecule has 3 amide bonds. The number of benzene rings is 4. The predicted octanol–water partition coefficient (Wildman–Crippen LogP) is 7.88. The Labute approximate surface area is 307 Å². The van der Waals surface area contributed by atoms with Crippen LogP contribution in [0, 0.1) is 5.82 Å². The number of imide groups is 1. The Hall–Kier alpha value is -4.82. The Morgan fingerprint density at radius 1 is 0.712 bits per heavy atom. The number of ether oxygens (including phenoxy) is 1. The van der Waals surface area contributed by atoms with Crippen LogP contribution < -0.4 is 10.1 Å². The fourth-order valence-corrected chi connectivity index (χ4v) is 7.59. The predicted molar refractivity (Wildman–Crippen MR) is 202 cm³/mol. The third-order valence-electron chi connectivity index (χ3n) is 10.5. The van der Waals surface area contributed by atoms with Crippen LogP contribution >= 0.6 is 0 Å². The van der Waals surface area contributed by atoms with E-state index in [1.54, 1.807) is 11.1 Å². The second-order valence-electron chi connectivity index (χ2n) is 14.0. The topological polar surface area (TPSA) is 79.0 Å². The summed E-state index contributed by atoms with van der Waals surface area (Å²) in [7, 11) is 0. The molecule has 0 aromatic heterocycles. The summed E-state index contributed by atoms with van der Waals surface area (Å²) in [6, 6.07) is 33.1. The highest BCUT2D eigenvalue weighted by Gasteiger charge is 2.40. The van der Waals surface area contributed by atoms with Gasteiger partial charge in [0.15, 0.2) is 0 Å². The summed E-state index contributed by atoms with van der Waals surface area (Å²) in [4.78, 5) is 40.5. The van der Waals surface area contributed by atoms with Gasteiger partial charge in [-0.25, -0.2) is 4.39 Å². The number of fused-ring (bicyclic) bond motifs is 2. The van der Waals surface area contributed by atoms with Crippen LogP contribution in [-0.4, -0.2) is 59.8 Å². The van der Waals surface area contributed by atoms with E-state index in [2.05, 4.69) is 34.5 Å². The zero-order chi connectivity index (χ0) is 36.1. The van der Waals surface area contributed by atoms with Gasteiger partial charge in [0.25, 0.3) is 5.91 Å². The molecule has 1 N–H and O–H groups in total. The normalized spacial score (nSPS) is 18.6. The van der Waals surface area contributed by atoms with Crippen LogP contribution in [0.15, 0.2) is 103 Å². The van der Waals surface area contributed by atoms with Crippen molar-refractivity contribution < 1.29 is 23.5 Å². The van der Waals surface area contributed by atoms with Crippen molar-refractivity contribution >= 4 is 17.7 Å². The van der Waals surface area contributed by atoms with E-state index < -0.39 is 11.9 Å². The molecule has 4 aliphatic rings. The van der Waals surface area contributed by atoms with Crippen molar-refractivity contribution in [3.8, 4) is 5.75 Å². The summed E-state index contributed by atoms with van der Waals surface area (Å²) in [6.07, 6.45) is 9.68. The van der Waals surface area contributed by atoms with Crippen molar-refractivity contribution in [2.24, 2.45) is 0 Å². The molecule has 8 heteroatoms. The molecule has 3 aliphatic heterocycles. The first-order valence-electron chi connectivity index (χ1n) is 18.9. The Morgan fingerprint density at radius 2 is 1.33 bits per heavy atom. The zero-order valence-corrected chi connectivity index (χ0v) is 30.0. The van der Waals surface area contributed by atoms with E-state index >= 15 is 4.39 Å². The van der Waals surface area contributed by atoms with Gasteiger partial charge in [-0.3, -0.25) is 19.7 Å². The zero-order valence-electron chi connectivity index (χ0n) is 30.0. The molecule has 0 spiro atoms. The maximum atomic E-state index is 15.1. The SMILES string of the molecule is O=C1CCC(N2Cc3cc(C4CCN(CCCCOc5ccccc5)CC4)c(F)cc3C2=O)C(=O)N1.c1ccc2c(c1)CCCC2.c1ccccc1.